The highest BCUT2D eigenvalue weighted by molar-refractivity contribution is 7.80. The molecule has 0 bridgehead atoms. The van der Waals surface area contributed by atoms with Gasteiger partial charge in [-0.15, -0.1) is 0 Å². The van der Waals surface area contributed by atoms with E-state index in [2.05, 4.69) is 5.32 Å². The summed E-state index contributed by atoms with van der Waals surface area (Å²) in [4.78, 5) is 39.1. The topological polar surface area (TPSA) is 95.9 Å². The number of hydrogen-bond acceptors (Lipinski definition) is 5. The summed E-state index contributed by atoms with van der Waals surface area (Å²) in [5.41, 5.74) is 2.38. The Morgan fingerprint density at radius 2 is 1.53 bits per heavy atom. The third kappa shape index (κ3) is 5.07. The van der Waals surface area contributed by atoms with E-state index in [9.17, 15) is 19.5 Å². The number of carbonyl (C=O) groups is 3. The minimum atomic E-state index is -1.05. The van der Waals surface area contributed by atoms with Gasteiger partial charge in [-0.3, -0.25) is 19.8 Å². The lowest BCUT2D eigenvalue weighted by atomic mass is 9.96. The summed E-state index contributed by atoms with van der Waals surface area (Å²) >= 11 is 5.32. The van der Waals surface area contributed by atoms with E-state index in [-0.39, 0.29) is 16.2 Å². The van der Waals surface area contributed by atoms with Gasteiger partial charge < -0.3 is 9.84 Å². The van der Waals surface area contributed by atoms with Crippen LogP contribution in [0.3, 0.4) is 0 Å². The Labute approximate surface area is 223 Å². The van der Waals surface area contributed by atoms with Crippen molar-refractivity contribution in [1.29, 1.82) is 0 Å². The predicted octanol–water partition coefficient (Wildman–Crippen LogP) is 5.68. The van der Waals surface area contributed by atoms with Crippen LogP contribution in [0.4, 0.5) is 5.69 Å². The lowest BCUT2D eigenvalue weighted by Crippen LogP contribution is -2.54. The van der Waals surface area contributed by atoms with Crippen LogP contribution in [0.25, 0.3) is 17.2 Å². The van der Waals surface area contributed by atoms with Crippen LogP contribution in [0.15, 0.2) is 109 Å². The number of rotatable bonds is 6. The second kappa shape index (κ2) is 10.5. The van der Waals surface area contributed by atoms with Gasteiger partial charge in [-0.25, -0.2) is 4.79 Å². The van der Waals surface area contributed by atoms with Crippen LogP contribution in [0, 0.1) is 0 Å². The number of hydrogen-bond donors (Lipinski definition) is 2. The lowest BCUT2D eigenvalue weighted by molar-refractivity contribution is -0.122. The van der Waals surface area contributed by atoms with E-state index < -0.39 is 17.8 Å². The number of ether oxygens (including phenoxy) is 1. The molecule has 0 saturated carbocycles. The first-order chi connectivity index (χ1) is 18.4. The highest BCUT2D eigenvalue weighted by Crippen LogP contribution is 2.30. The molecule has 7 nitrogen and oxygen atoms in total. The summed E-state index contributed by atoms with van der Waals surface area (Å²) < 4.78 is 5.82. The van der Waals surface area contributed by atoms with E-state index in [4.69, 9.17) is 17.0 Å². The van der Waals surface area contributed by atoms with Crippen LogP contribution in [-0.4, -0.2) is 28.0 Å². The molecule has 0 atom stereocenters. The minimum Gasteiger partial charge on any atom is -0.478 e. The van der Waals surface area contributed by atoms with E-state index in [0.717, 1.165) is 0 Å². The third-order valence-electron chi connectivity index (χ3n) is 5.86. The Kier molecular flexibility index (Phi) is 6.80. The van der Waals surface area contributed by atoms with Crippen molar-refractivity contribution >= 4 is 46.9 Å². The smallest absolute Gasteiger partial charge is 0.335 e. The number of para-hydroxylation sites is 1. The summed E-state index contributed by atoms with van der Waals surface area (Å²) in [7, 11) is 0. The van der Waals surface area contributed by atoms with E-state index in [0.29, 0.717) is 33.9 Å². The van der Waals surface area contributed by atoms with Gasteiger partial charge >= 0.3 is 5.97 Å². The standard InChI is InChI=1S/C30H20N2O5S/c33-27-26(18-20-7-4-5-12-25(20)19-8-6-9-21(17-19)29(35)36)28(34)32(30(38)31-27)22-13-15-24(16-14-22)37-23-10-2-1-3-11-23/h1-18H,(H,35,36)(H,31,33,38). The fourth-order valence-electron chi connectivity index (χ4n) is 4.04. The fourth-order valence-corrected chi connectivity index (χ4v) is 4.32. The van der Waals surface area contributed by atoms with Gasteiger partial charge in [0, 0.05) is 0 Å². The number of benzene rings is 4. The molecule has 186 valence electrons. The lowest BCUT2D eigenvalue weighted by Gasteiger charge is -2.29. The van der Waals surface area contributed by atoms with E-state index in [1.807, 2.05) is 30.3 Å². The summed E-state index contributed by atoms with van der Waals surface area (Å²) in [6, 6.07) is 29.7. The molecule has 0 aliphatic carbocycles. The van der Waals surface area contributed by atoms with Crippen molar-refractivity contribution in [2.75, 3.05) is 4.90 Å². The number of thiocarbonyl (C=S) groups is 1. The molecule has 0 radical (unpaired) electrons. The van der Waals surface area contributed by atoms with Crippen LogP contribution in [-0.2, 0) is 9.59 Å². The molecule has 8 heteroatoms. The average molecular weight is 521 g/mol. The summed E-state index contributed by atoms with van der Waals surface area (Å²) in [5.74, 6) is -0.990. The molecule has 2 amide bonds. The normalized spacial score (nSPS) is 14.4. The Morgan fingerprint density at radius 3 is 2.26 bits per heavy atom. The summed E-state index contributed by atoms with van der Waals surface area (Å²) in [6.45, 7) is 0. The van der Waals surface area contributed by atoms with Gasteiger partial charge in [-0.2, -0.15) is 0 Å². The maximum Gasteiger partial charge on any atom is 0.335 e. The van der Waals surface area contributed by atoms with E-state index in [1.54, 1.807) is 66.7 Å². The Morgan fingerprint density at radius 1 is 0.842 bits per heavy atom. The molecule has 4 aromatic carbocycles. The van der Waals surface area contributed by atoms with Crippen LogP contribution in [0.2, 0.25) is 0 Å². The Bertz CT molecular complexity index is 1600. The van der Waals surface area contributed by atoms with Crippen molar-refractivity contribution in [2.45, 2.75) is 0 Å². The third-order valence-corrected chi connectivity index (χ3v) is 6.14. The van der Waals surface area contributed by atoms with Crippen molar-refractivity contribution < 1.29 is 24.2 Å². The fraction of sp³-hybridized carbons (Fsp3) is 0. The minimum absolute atomic E-state index is 0.0312. The molecular formula is C30H20N2O5S. The number of nitrogens with zero attached hydrogens (tertiary/aromatic N) is 1. The molecule has 4 aromatic rings. The molecule has 0 aromatic heterocycles. The van der Waals surface area contributed by atoms with E-state index >= 15 is 0 Å². The van der Waals surface area contributed by atoms with Crippen LogP contribution < -0.4 is 15.0 Å². The van der Waals surface area contributed by atoms with Gasteiger partial charge in [0.05, 0.1) is 11.3 Å². The monoisotopic (exact) mass is 520 g/mol. The van der Waals surface area contributed by atoms with Gasteiger partial charge in [0.15, 0.2) is 5.11 Å². The van der Waals surface area contributed by atoms with Crippen molar-refractivity contribution in [1.82, 2.24) is 5.32 Å². The quantitative estimate of drug-likeness (QED) is 0.193. The second-order valence-corrected chi connectivity index (χ2v) is 8.73. The van der Waals surface area contributed by atoms with Crippen LogP contribution in [0.5, 0.6) is 11.5 Å². The first kappa shape index (κ1) is 24.6. The number of amides is 2. The van der Waals surface area contributed by atoms with Crippen LogP contribution in [0.1, 0.15) is 15.9 Å². The molecule has 0 unspecified atom stereocenters. The largest absolute Gasteiger partial charge is 0.478 e. The molecule has 1 aliphatic heterocycles. The molecule has 1 heterocycles. The maximum absolute atomic E-state index is 13.5. The highest BCUT2D eigenvalue weighted by atomic mass is 32.1. The van der Waals surface area contributed by atoms with Crippen molar-refractivity contribution in [3.8, 4) is 22.6 Å². The van der Waals surface area contributed by atoms with E-state index in [1.165, 1.54) is 17.0 Å². The molecule has 1 saturated heterocycles. The van der Waals surface area contributed by atoms with Crippen molar-refractivity contribution in [3.63, 3.8) is 0 Å². The summed E-state index contributed by atoms with van der Waals surface area (Å²) in [6.07, 6.45) is 1.49. The number of carbonyl (C=O) groups excluding carboxylic acids is 2. The Hall–Kier alpha value is -5.08. The molecule has 0 spiro atoms. The molecular weight excluding hydrogens is 500 g/mol. The highest BCUT2D eigenvalue weighted by Gasteiger charge is 2.34. The molecule has 1 fully saturated rings. The van der Waals surface area contributed by atoms with Gasteiger partial charge in [0.25, 0.3) is 11.8 Å². The number of anilines is 1. The zero-order chi connectivity index (χ0) is 26.6. The van der Waals surface area contributed by atoms with Gasteiger partial charge in [0.2, 0.25) is 0 Å². The first-order valence-electron chi connectivity index (χ1n) is 11.6. The van der Waals surface area contributed by atoms with Gasteiger partial charge in [0.1, 0.15) is 17.1 Å². The van der Waals surface area contributed by atoms with Gasteiger partial charge in [-0.1, -0.05) is 54.6 Å². The zero-order valence-electron chi connectivity index (χ0n) is 19.8. The molecule has 1 aliphatic rings. The maximum atomic E-state index is 13.5. The number of carboxylic acid groups (broad SMARTS) is 1. The molecule has 38 heavy (non-hydrogen) atoms. The SMILES string of the molecule is O=C1NC(=S)N(c2ccc(Oc3ccccc3)cc2)C(=O)C1=Cc1ccccc1-c1cccc(C(=O)O)c1. The van der Waals surface area contributed by atoms with Gasteiger partial charge in [-0.05, 0) is 83.5 Å². The van der Waals surface area contributed by atoms with Crippen molar-refractivity contribution in [2.24, 2.45) is 0 Å². The van der Waals surface area contributed by atoms with Crippen LogP contribution >= 0.6 is 12.2 Å². The second-order valence-electron chi connectivity index (χ2n) is 8.34. The summed E-state index contributed by atoms with van der Waals surface area (Å²) in [5, 5.41) is 11.9. The predicted molar refractivity (Wildman–Crippen MR) is 148 cm³/mol. The molecule has 5 rings (SSSR count). The number of aromatic carboxylic acids is 1. The average Bonchev–Trinajstić information content (AvgIpc) is 2.93. The molecule has 2 N–H and O–H groups in total. The Balaban J connectivity index is 1.46. The number of nitrogens with one attached hydrogen (secondary N) is 1. The number of carboxylic acids is 1. The van der Waals surface area contributed by atoms with Crippen molar-refractivity contribution in [3.05, 3.63) is 120 Å². The first-order valence-corrected chi connectivity index (χ1v) is 12.0. The zero-order valence-corrected chi connectivity index (χ0v) is 20.6.